The van der Waals surface area contributed by atoms with Gasteiger partial charge in [-0.05, 0) is 18.6 Å². The molecule has 0 bridgehead atoms. The van der Waals surface area contributed by atoms with Crippen molar-refractivity contribution in [2.24, 2.45) is 0 Å². The number of thiocarbonyl (C=S) groups is 1. The lowest BCUT2D eigenvalue weighted by Gasteiger charge is -2.28. The highest BCUT2D eigenvalue weighted by molar-refractivity contribution is 7.80. The summed E-state index contributed by atoms with van der Waals surface area (Å²) in [7, 11) is 0. The first-order chi connectivity index (χ1) is 6.74. The summed E-state index contributed by atoms with van der Waals surface area (Å²) < 4.78 is 5.19. The first-order valence-corrected chi connectivity index (χ1v) is 5.31. The van der Waals surface area contributed by atoms with Gasteiger partial charge in [0.1, 0.15) is 0 Å². The van der Waals surface area contributed by atoms with Gasteiger partial charge in [0.2, 0.25) is 5.91 Å². The molecule has 0 aromatic carbocycles. The molecule has 0 aromatic rings. The Hall–Kier alpha value is -0.680. The van der Waals surface area contributed by atoms with Gasteiger partial charge in [-0.15, -0.1) is 0 Å². The molecular formula is C9H16N2O2S. The van der Waals surface area contributed by atoms with Crippen molar-refractivity contribution in [3.8, 4) is 0 Å². The maximum Gasteiger partial charge on any atom is 0.226 e. The minimum atomic E-state index is 0.00370. The molecule has 80 valence electrons. The number of rotatable bonds is 2. The lowest BCUT2D eigenvalue weighted by Crippen LogP contribution is -2.47. The zero-order valence-corrected chi connectivity index (χ0v) is 9.23. The number of hydrogen-bond acceptors (Lipinski definition) is 3. The van der Waals surface area contributed by atoms with E-state index in [1.54, 1.807) is 0 Å². The third-order valence-corrected chi connectivity index (χ3v) is 2.38. The highest BCUT2D eigenvalue weighted by Crippen LogP contribution is 1.98. The second kappa shape index (κ2) is 5.93. The fraction of sp³-hybridized carbons (Fsp3) is 0.778. The van der Waals surface area contributed by atoms with Crippen LogP contribution in [0.15, 0.2) is 0 Å². The molecule has 1 heterocycles. The Bertz CT molecular complexity index is 215. The van der Waals surface area contributed by atoms with Crippen molar-refractivity contribution in [1.82, 2.24) is 10.2 Å². The molecule has 0 saturated carbocycles. The summed E-state index contributed by atoms with van der Waals surface area (Å²) >= 11 is 5.10. The van der Waals surface area contributed by atoms with E-state index in [1.165, 1.54) is 0 Å². The lowest BCUT2D eigenvalue weighted by atomic mass is 10.3. The normalized spacial score (nSPS) is 16.5. The first-order valence-electron chi connectivity index (χ1n) is 4.90. The average Bonchev–Trinajstić information content (AvgIpc) is 2.19. The van der Waals surface area contributed by atoms with E-state index in [0.29, 0.717) is 24.7 Å². The predicted molar refractivity (Wildman–Crippen MR) is 58.0 cm³/mol. The van der Waals surface area contributed by atoms with Gasteiger partial charge >= 0.3 is 0 Å². The van der Waals surface area contributed by atoms with Crippen molar-refractivity contribution >= 4 is 23.2 Å². The number of nitrogens with one attached hydrogen (secondary N) is 1. The standard InChI is InChI=1S/C9H16N2O2S/c1-2-3-8(12)10-9(14)11-4-6-13-7-5-11/h2-7H2,1H3,(H,10,12,14). The Morgan fingerprint density at radius 3 is 2.71 bits per heavy atom. The number of hydrogen-bond donors (Lipinski definition) is 1. The van der Waals surface area contributed by atoms with Crippen LogP contribution in [0, 0.1) is 0 Å². The van der Waals surface area contributed by atoms with Gasteiger partial charge < -0.3 is 15.0 Å². The summed E-state index contributed by atoms with van der Waals surface area (Å²) in [5.41, 5.74) is 0. The van der Waals surface area contributed by atoms with Crippen molar-refractivity contribution < 1.29 is 9.53 Å². The summed E-state index contributed by atoms with van der Waals surface area (Å²) in [5, 5.41) is 3.25. The van der Waals surface area contributed by atoms with E-state index in [4.69, 9.17) is 17.0 Å². The van der Waals surface area contributed by atoms with Crippen LogP contribution >= 0.6 is 12.2 Å². The van der Waals surface area contributed by atoms with Crippen LogP contribution in [0.4, 0.5) is 0 Å². The maximum absolute atomic E-state index is 11.2. The fourth-order valence-corrected chi connectivity index (χ4v) is 1.55. The van der Waals surface area contributed by atoms with Crippen LogP contribution in [0.5, 0.6) is 0 Å². The van der Waals surface area contributed by atoms with Gasteiger partial charge in [0, 0.05) is 19.5 Å². The molecule has 0 radical (unpaired) electrons. The molecule has 1 saturated heterocycles. The van der Waals surface area contributed by atoms with Crippen molar-refractivity contribution in [3.05, 3.63) is 0 Å². The second-order valence-corrected chi connectivity index (χ2v) is 3.59. The number of ether oxygens (including phenoxy) is 1. The van der Waals surface area contributed by atoms with Gasteiger partial charge in [-0.2, -0.15) is 0 Å². The maximum atomic E-state index is 11.2. The number of nitrogens with zero attached hydrogens (tertiary/aromatic N) is 1. The third kappa shape index (κ3) is 3.59. The zero-order chi connectivity index (χ0) is 10.4. The smallest absolute Gasteiger partial charge is 0.226 e. The van der Waals surface area contributed by atoms with E-state index in [9.17, 15) is 4.79 Å². The van der Waals surface area contributed by atoms with Gasteiger partial charge in [0.15, 0.2) is 5.11 Å². The average molecular weight is 216 g/mol. The molecule has 1 amide bonds. The van der Waals surface area contributed by atoms with E-state index in [2.05, 4.69) is 5.32 Å². The molecule has 14 heavy (non-hydrogen) atoms. The minimum Gasteiger partial charge on any atom is -0.378 e. The van der Waals surface area contributed by atoms with Crippen LogP contribution in [0.3, 0.4) is 0 Å². The molecule has 0 spiro atoms. The van der Waals surface area contributed by atoms with Crippen LogP contribution in [0.2, 0.25) is 0 Å². The van der Waals surface area contributed by atoms with E-state index in [0.717, 1.165) is 19.5 Å². The Morgan fingerprint density at radius 2 is 2.14 bits per heavy atom. The fourth-order valence-electron chi connectivity index (χ4n) is 1.25. The molecule has 1 rings (SSSR count). The molecular weight excluding hydrogens is 200 g/mol. The quantitative estimate of drug-likeness (QED) is 0.683. The summed E-state index contributed by atoms with van der Waals surface area (Å²) in [4.78, 5) is 13.2. The summed E-state index contributed by atoms with van der Waals surface area (Å²) in [6, 6.07) is 0. The monoisotopic (exact) mass is 216 g/mol. The van der Waals surface area contributed by atoms with Crippen LogP contribution in [-0.2, 0) is 9.53 Å². The molecule has 0 aromatic heterocycles. The SMILES string of the molecule is CCCC(=O)NC(=S)N1CCOCC1. The molecule has 5 heteroatoms. The van der Waals surface area contributed by atoms with E-state index >= 15 is 0 Å². The van der Waals surface area contributed by atoms with Crippen LogP contribution in [-0.4, -0.2) is 42.2 Å². The Balaban J connectivity index is 2.29. The van der Waals surface area contributed by atoms with Crippen LogP contribution in [0.1, 0.15) is 19.8 Å². The number of morpholine rings is 1. The highest BCUT2D eigenvalue weighted by Gasteiger charge is 2.14. The molecule has 1 fully saturated rings. The zero-order valence-electron chi connectivity index (χ0n) is 8.41. The van der Waals surface area contributed by atoms with E-state index in [1.807, 2.05) is 11.8 Å². The molecule has 4 nitrogen and oxygen atoms in total. The van der Waals surface area contributed by atoms with Crippen molar-refractivity contribution in [1.29, 1.82) is 0 Å². The summed E-state index contributed by atoms with van der Waals surface area (Å²) in [6.07, 6.45) is 1.38. The highest BCUT2D eigenvalue weighted by atomic mass is 32.1. The first kappa shape index (κ1) is 11.4. The lowest BCUT2D eigenvalue weighted by molar-refractivity contribution is -0.119. The predicted octanol–water partition coefficient (Wildman–Crippen LogP) is 0.520. The van der Waals surface area contributed by atoms with E-state index < -0.39 is 0 Å². The van der Waals surface area contributed by atoms with Gasteiger partial charge in [-0.1, -0.05) is 6.92 Å². The molecule has 1 aliphatic rings. The van der Waals surface area contributed by atoms with E-state index in [-0.39, 0.29) is 5.91 Å². The van der Waals surface area contributed by atoms with Gasteiger partial charge in [-0.25, -0.2) is 0 Å². The minimum absolute atomic E-state index is 0.00370. The molecule has 0 unspecified atom stereocenters. The van der Waals surface area contributed by atoms with Gasteiger partial charge in [0.05, 0.1) is 13.2 Å². The summed E-state index contributed by atoms with van der Waals surface area (Å²) in [6.45, 7) is 4.88. The molecule has 0 aliphatic carbocycles. The summed E-state index contributed by atoms with van der Waals surface area (Å²) in [5.74, 6) is 0.00370. The largest absolute Gasteiger partial charge is 0.378 e. The van der Waals surface area contributed by atoms with Crippen LogP contribution < -0.4 is 5.32 Å². The van der Waals surface area contributed by atoms with Crippen molar-refractivity contribution in [3.63, 3.8) is 0 Å². The molecule has 1 N–H and O–H groups in total. The van der Waals surface area contributed by atoms with Gasteiger partial charge in [-0.3, -0.25) is 4.79 Å². The Labute approximate surface area is 89.6 Å². The Kier molecular flexibility index (Phi) is 4.82. The number of carbonyl (C=O) groups excluding carboxylic acids is 1. The number of carbonyl (C=O) groups is 1. The topological polar surface area (TPSA) is 41.6 Å². The van der Waals surface area contributed by atoms with Crippen LogP contribution in [0.25, 0.3) is 0 Å². The van der Waals surface area contributed by atoms with Crippen molar-refractivity contribution in [2.75, 3.05) is 26.3 Å². The molecule has 0 atom stereocenters. The third-order valence-electron chi connectivity index (χ3n) is 2.02. The molecule has 1 aliphatic heterocycles. The second-order valence-electron chi connectivity index (χ2n) is 3.20. The van der Waals surface area contributed by atoms with Gasteiger partial charge in [0.25, 0.3) is 0 Å². The Morgan fingerprint density at radius 1 is 1.50 bits per heavy atom. The number of amides is 1. The van der Waals surface area contributed by atoms with Crippen molar-refractivity contribution in [2.45, 2.75) is 19.8 Å².